The summed E-state index contributed by atoms with van der Waals surface area (Å²) < 4.78 is 82.9. The molecule has 0 aromatic heterocycles. The van der Waals surface area contributed by atoms with Crippen molar-refractivity contribution in [3.8, 4) is 0 Å². The van der Waals surface area contributed by atoms with E-state index < -0.39 is 152 Å². The van der Waals surface area contributed by atoms with Crippen LogP contribution in [0.3, 0.4) is 0 Å². The second-order valence-electron chi connectivity index (χ2n) is 21.6. The SMILES string of the molecule is CCCC1O[C@@H]2C[C@H]3[C@@H]4C[C@H](F)C5=CC(=O)C=C[C@]5(C)[C@@]4(F)[C@@H](O)C[C@]3(C)[C@]2(C(=O)CNC(=O)OCc2ccc(NC(=O)[C@H](CCCNC(N)=O)CC(=O)[C@@H](NC(=O)[C@H](N)CCC(=O)NCCS(=O)(=O)O)C(C)C)cc2)O1. The molecule has 4 fully saturated rings. The molecule has 0 radical (unpaired) electrons. The van der Waals surface area contributed by atoms with E-state index in [1.807, 2.05) is 6.92 Å². The zero-order valence-electron chi connectivity index (χ0n) is 43.9. The van der Waals surface area contributed by atoms with Crippen LogP contribution in [0.5, 0.6) is 0 Å². The lowest BCUT2D eigenvalue weighted by molar-refractivity contribution is -0.233. The Morgan fingerprint density at radius 1 is 0.974 bits per heavy atom. The number of rotatable bonds is 25. The Hall–Kier alpha value is -5.73. The average molecular weight is 1110 g/mol. The van der Waals surface area contributed by atoms with Crippen molar-refractivity contribution in [2.24, 2.45) is 46.0 Å². The molecular formula is C52H73F2N7O15S. The maximum atomic E-state index is 17.9. The number of aliphatic hydroxyl groups is 1. The quantitative estimate of drug-likeness (QED) is 0.0502. The summed E-state index contributed by atoms with van der Waals surface area (Å²) >= 11 is 0. The van der Waals surface area contributed by atoms with E-state index in [-0.39, 0.29) is 76.6 Å². The highest BCUT2D eigenvalue weighted by Crippen LogP contribution is 2.72. The number of benzene rings is 1. The van der Waals surface area contributed by atoms with Crippen molar-refractivity contribution in [2.75, 3.05) is 30.7 Å². The van der Waals surface area contributed by atoms with Gasteiger partial charge in [-0.3, -0.25) is 33.3 Å². The summed E-state index contributed by atoms with van der Waals surface area (Å²) in [6.45, 7) is 7.38. The van der Waals surface area contributed by atoms with Crippen LogP contribution in [0.25, 0.3) is 0 Å². The number of ketones is 3. The number of nitrogens with one attached hydrogen (secondary N) is 5. The topological polar surface area (TPSA) is 351 Å². The van der Waals surface area contributed by atoms with E-state index in [1.165, 1.54) is 31.2 Å². The van der Waals surface area contributed by atoms with Crippen LogP contribution >= 0.6 is 0 Å². The Balaban J connectivity index is 1.05. The Labute approximate surface area is 446 Å². The fourth-order valence-electron chi connectivity index (χ4n) is 12.3. The number of Topliss-reactive ketones (excluding diaryl/α,β-unsaturated/α-hetero) is 2. The van der Waals surface area contributed by atoms with Gasteiger partial charge in [0.1, 0.15) is 12.8 Å². The number of allylic oxidation sites excluding steroid dienone is 4. The number of alkyl carbamates (subject to hydrolysis) is 1. The first-order valence-electron chi connectivity index (χ1n) is 26.1. The number of anilines is 1. The van der Waals surface area contributed by atoms with Gasteiger partial charge in [0.05, 0.1) is 36.6 Å². The molecule has 1 saturated heterocycles. The first kappa shape index (κ1) is 60.5. The summed E-state index contributed by atoms with van der Waals surface area (Å²) in [5.74, 6) is -7.36. The van der Waals surface area contributed by atoms with E-state index in [1.54, 1.807) is 32.9 Å². The van der Waals surface area contributed by atoms with Crippen LogP contribution in [0.2, 0.25) is 0 Å². The number of hydrogen-bond acceptors (Lipinski definition) is 15. The van der Waals surface area contributed by atoms with Gasteiger partial charge in [0, 0.05) is 54.3 Å². The van der Waals surface area contributed by atoms with Crippen LogP contribution in [-0.2, 0) is 59.7 Å². The fraction of sp³-hybridized carbons (Fsp3) is 0.654. The number of primary amides is 1. The zero-order valence-corrected chi connectivity index (χ0v) is 44.8. The van der Waals surface area contributed by atoms with E-state index in [4.69, 9.17) is 30.2 Å². The van der Waals surface area contributed by atoms with Crippen LogP contribution in [0.4, 0.5) is 24.1 Å². The van der Waals surface area contributed by atoms with Crippen LogP contribution in [-0.4, -0.2) is 139 Å². The highest BCUT2D eigenvalue weighted by molar-refractivity contribution is 7.85. The molecule has 1 unspecified atom stereocenters. The highest BCUT2D eigenvalue weighted by atomic mass is 32.2. The van der Waals surface area contributed by atoms with E-state index in [0.29, 0.717) is 24.1 Å². The van der Waals surface area contributed by atoms with Crippen LogP contribution in [0.15, 0.2) is 48.1 Å². The van der Waals surface area contributed by atoms with Crippen molar-refractivity contribution in [1.29, 1.82) is 0 Å². The Kier molecular flexibility index (Phi) is 19.3. The van der Waals surface area contributed by atoms with Gasteiger partial charge in [0.25, 0.3) is 10.1 Å². The second-order valence-corrected chi connectivity index (χ2v) is 23.2. The van der Waals surface area contributed by atoms with Crippen LogP contribution in [0.1, 0.15) is 104 Å². The van der Waals surface area contributed by atoms with Crippen molar-refractivity contribution in [3.05, 3.63) is 53.6 Å². The van der Waals surface area contributed by atoms with Gasteiger partial charge in [0.15, 0.2) is 34.9 Å². The molecule has 5 aliphatic rings. The minimum Gasteiger partial charge on any atom is -0.445 e. The number of nitrogens with two attached hydrogens (primary N) is 2. The summed E-state index contributed by atoms with van der Waals surface area (Å²) in [7, 11) is -4.29. The number of hydrogen-bond donors (Lipinski definition) is 9. The molecule has 0 spiro atoms. The van der Waals surface area contributed by atoms with Gasteiger partial charge >= 0.3 is 12.1 Å². The van der Waals surface area contributed by atoms with Gasteiger partial charge in [-0.05, 0) is 99.1 Å². The monoisotopic (exact) mass is 1110 g/mol. The molecule has 1 aromatic rings. The minimum absolute atomic E-state index is 0.0248. The van der Waals surface area contributed by atoms with E-state index in [2.05, 4.69) is 26.6 Å². The Morgan fingerprint density at radius 2 is 1.68 bits per heavy atom. The van der Waals surface area contributed by atoms with E-state index in [9.17, 15) is 51.9 Å². The molecule has 1 heterocycles. The number of aliphatic hydroxyl groups excluding tert-OH is 1. The smallest absolute Gasteiger partial charge is 0.407 e. The molecule has 6 amide bonds. The molecule has 13 atom stereocenters. The number of carbonyl (C=O) groups excluding carboxylic acids is 8. The van der Waals surface area contributed by atoms with Crippen molar-refractivity contribution in [1.82, 2.24) is 21.3 Å². The number of ether oxygens (including phenoxy) is 3. The predicted octanol–water partition coefficient (Wildman–Crippen LogP) is 2.91. The number of fused-ring (bicyclic) bond motifs is 7. The van der Waals surface area contributed by atoms with E-state index >= 15 is 8.78 Å². The van der Waals surface area contributed by atoms with Gasteiger partial charge in [0.2, 0.25) is 17.7 Å². The first-order valence-corrected chi connectivity index (χ1v) is 27.7. The highest BCUT2D eigenvalue weighted by Gasteiger charge is 2.80. The maximum absolute atomic E-state index is 17.9. The minimum atomic E-state index is -4.29. The molecular weight excluding hydrogens is 1030 g/mol. The van der Waals surface area contributed by atoms with Gasteiger partial charge in [-0.25, -0.2) is 18.4 Å². The number of amides is 6. The third kappa shape index (κ3) is 13.1. The molecule has 6 rings (SSSR count). The van der Waals surface area contributed by atoms with Crippen molar-refractivity contribution in [2.45, 2.75) is 153 Å². The predicted molar refractivity (Wildman–Crippen MR) is 273 cm³/mol. The first-order chi connectivity index (χ1) is 36.1. The normalized spacial score (nSPS) is 30.3. The molecule has 1 aromatic carbocycles. The van der Waals surface area contributed by atoms with E-state index in [0.717, 1.165) is 6.08 Å². The molecule has 22 nitrogen and oxygen atoms in total. The van der Waals surface area contributed by atoms with Crippen LogP contribution in [0, 0.1) is 34.5 Å². The molecule has 4 aliphatic carbocycles. The summed E-state index contributed by atoms with van der Waals surface area (Å²) in [4.78, 5) is 104. The second kappa shape index (κ2) is 24.5. The van der Waals surface area contributed by atoms with Gasteiger partial charge < -0.3 is 57.4 Å². The number of halogens is 2. The summed E-state index contributed by atoms with van der Waals surface area (Å²) in [5.41, 5.74) is 4.94. The Bertz CT molecular complexity index is 2610. The number of carbonyl (C=O) groups is 8. The maximum Gasteiger partial charge on any atom is 0.407 e. The zero-order chi connectivity index (χ0) is 56.8. The van der Waals surface area contributed by atoms with Crippen molar-refractivity contribution in [3.63, 3.8) is 0 Å². The molecule has 77 heavy (non-hydrogen) atoms. The molecule has 11 N–H and O–H groups in total. The molecule has 1 aliphatic heterocycles. The number of urea groups is 1. The lowest BCUT2D eigenvalue weighted by Crippen LogP contribution is -2.71. The van der Waals surface area contributed by atoms with Crippen molar-refractivity contribution < 1.29 is 79.4 Å². The standard InChI is InChI=1S/C52H73F2N7O15S/c1-6-8-43-75-41-24-33-34-23-36(53)35-22-32(62)16-17-49(35,4)51(34,54)39(64)25-50(33,5)52(41,76-43)40(65)26-59-48(70)74-27-29-10-12-31(13-11-29)60-45(67)30(9-7-18-58-47(56)69)21-38(63)44(28(2)3)61-46(68)37(55)14-15-42(66)57-19-20-77(71,72)73/h10-13,16-17,22,28,30,33-34,36-37,39,41,43-44,64H,6-9,14-15,18-21,23-27,55H2,1-5H3,(H,57,66)(H,59,70)(H,60,67)(H,61,68)(H3,56,58,69)(H,71,72,73)/t30-,33+,34+,36+,37-,39+,41-,43?,44+,49+,50+,51+,52-/m1/s1. The van der Waals surface area contributed by atoms with Gasteiger partial charge in [-0.15, -0.1) is 0 Å². The largest absolute Gasteiger partial charge is 0.445 e. The van der Waals surface area contributed by atoms with Gasteiger partial charge in [-0.2, -0.15) is 8.42 Å². The summed E-state index contributed by atoms with van der Waals surface area (Å²) in [6.07, 6.45) is -2.16. The lowest BCUT2D eigenvalue weighted by atomic mass is 9.44. The van der Waals surface area contributed by atoms with Gasteiger partial charge in [-0.1, -0.05) is 52.3 Å². The summed E-state index contributed by atoms with van der Waals surface area (Å²) in [6, 6.07) is 3.10. The van der Waals surface area contributed by atoms with Crippen LogP contribution < -0.4 is 38.1 Å². The third-order valence-corrected chi connectivity index (χ3v) is 16.9. The lowest BCUT2D eigenvalue weighted by Gasteiger charge is -2.63. The summed E-state index contributed by atoms with van der Waals surface area (Å²) in [5, 5.41) is 24.5. The molecule has 3 saturated carbocycles. The molecule has 0 bridgehead atoms. The van der Waals surface area contributed by atoms with Crippen molar-refractivity contribution >= 4 is 63.0 Å². The Morgan fingerprint density at radius 3 is 2.32 bits per heavy atom. The fourth-order valence-corrected chi connectivity index (χ4v) is 12.6. The average Bonchev–Trinajstić information content (AvgIpc) is 4.02. The molecule has 25 heteroatoms. The molecule has 426 valence electrons. The number of alkyl halides is 2. The third-order valence-electron chi connectivity index (χ3n) is 16.2.